The van der Waals surface area contributed by atoms with Gasteiger partial charge in [0.25, 0.3) is 5.91 Å². The van der Waals surface area contributed by atoms with Crippen molar-refractivity contribution in [3.05, 3.63) is 17.6 Å². The lowest BCUT2D eigenvalue weighted by Crippen LogP contribution is -2.42. The molecule has 1 aromatic heterocycles. The van der Waals surface area contributed by atoms with Gasteiger partial charge in [-0.3, -0.25) is 4.79 Å². The second-order valence-electron chi connectivity index (χ2n) is 6.42. The Morgan fingerprint density at radius 1 is 1.32 bits per heavy atom. The molecular formula is C17H27N5O3. The number of anilines is 1. The highest BCUT2D eigenvalue weighted by atomic mass is 16.6. The standard InChI is InChI=1S/C17H27N5O3/c1-5-25-17(24)22-8-6-13(7-9-22)21-15-10-14(19-12(4)20-15)16(23)18-11(2)3/h10-11,13H,5-9H2,1-4H3,(H,18,23)(H,19,20,21). The van der Waals surface area contributed by atoms with Crippen LogP contribution in [0, 0.1) is 6.92 Å². The van der Waals surface area contributed by atoms with Crippen LogP contribution >= 0.6 is 0 Å². The molecule has 25 heavy (non-hydrogen) atoms. The molecule has 2 N–H and O–H groups in total. The van der Waals surface area contributed by atoms with Gasteiger partial charge in [0.1, 0.15) is 17.3 Å². The number of likely N-dealkylation sites (tertiary alicyclic amines) is 1. The number of hydrogen-bond donors (Lipinski definition) is 2. The predicted molar refractivity (Wildman–Crippen MR) is 94.6 cm³/mol. The number of ether oxygens (including phenoxy) is 1. The molecule has 0 radical (unpaired) electrons. The van der Waals surface area contributed by atoms with Crippen LogP contribution in [-0.4, -0.2) is 58.6 Å². The Labute approximate surface area is 148 Å². The fourth-order valence-corrected chi connectivity index (χ4v) is 2.72. The van der Waals surface area contributed by atoms with Gasteiger partial charge in [0.15, 0.2) is 0 Å². The van der Waals surface area contributed by atoms with E-state index in [1.165, 1.54) is 0 Å². The van der Waals surface area contributed by atoms with E-state index < -0.39 is 0 Å². The molecule has 1 aliphatic heterocycles. The molecule has 0 spiro atoms. The molecule has 138 valence electrons. The van der Waals surface area contributed by atoms with Crippen LogP contribution in [0.2, 0.25) is 0 Å². The van der Waals surface area contributed by atoms with Crippen molar-refractivity contribution in [1.29, 1.82) is 0 Å². The monoisotopic (exact) mass is 349 g/mol. The summed E-state index contributed by atoms with van der Waals surface area (Å²) >= 11 is 0. The van der Waals surface area contributed by atoms with Gasteiger partial charge < -0.3 is 20.3 Å². The number of hydrogen-bond acceptors (Lipinski definition) is 6. The first-order valence-electron chi connectivity index (χ1n) is 8.73. The maximum atomic E-state index is 12.1. The number of aromatic nitrogens is 2. The normalized spacial score (nSPS) is 15.2. The topological polar surface area (TPSA) is 96.5 Å². The molecule has 2 rings (SSSR count). The molecule has 1 aromatic rings. The number of aryl methyl sites for hydroxylation is 1. The van der Waals surface area contributed by atoms with Crippen LogP contribution in [0.4, 0.5) is 10.6 Å². The third-order valence-electron chi connectivity index (χ3n) is 3.86. The third kappa shape index (κ3) is 5.58. The minimum Gasteiger partial charge on any atom is -0.450 e. The van der Waals surface area contributed by atoms with Gasteiger partial charge in [-0.25, -0.2) is 14.8 Å². The van der Waals surface area contributed by atoms with Crippen molar-refractivity contribution in [2.75, 3.05) is 25.0 Å². The van der Waals surface area contributed by atoms with Gasteiger partial charge in [0.2, 0.25) is 0 Å². The molecule has 2 heterocycles. The van der Waals surface area contributed by atoms with Gasteiger partial charge in [-0.2, -0.15) is 0 Å². The molecule has 8 heteroatoms. The Morgan fingerprint density at radius 3 is 2.60 bits per heavy atom. The fraction of sp³-hybridized carbons (Fsp3) is 0.647. The van der Waals surface area contributed by atoms with E-state index in [2.05, 4.69) is 20.6 Å². The van der Waals surface area contributed by atoms with Crippen molar-refractivity contribution in [2.24, 2.45) is 0 Å². The van der Waals surface area contributed by atoms with Crippen LogP contribution in [0.25, 0.3) is 0 Å². The molecular weight excluding hydrogens is 322 g/mol. The molecule has 0 bridgehead atoms. The van der Waals surface area contributed by atoms with Crippen molar-refractivity contribution in [1.82, 2.24) is 20.2 Å². The lowest BCUT2D eigenvalue weighted by atomic mass is 10.1. The number of nitrogens with one attached hydrogen (secondary N) is 2. The van der Waals surface area contributed by atoms with Crippen LogP contribution in [-0.2, 0) is 4.74 Å². The largest absolute Gasteiger partial charge is 0.450 e. The molecule has 0 atom stereocenters. The van der Waals surface area contributed by atoms with Crippen LogP contribution < -0.4 is 10.6 Å². The summed E-state index contributed by atoms with van der Waals surface area (Å²) in [5, 5.41) is 6.18. The average molecular weight is 349 g/mol. The van der Waals surface area contributed by atoms with E-state index in [1.54, 1.807) is 24.8 Å². The van der Waals surface area contributed by atoms with Gasteiger partial charge in [0, 0.05) is 31.2 Å². The Morgan fingerprint density at radius 2 is 2.00 bits per heavy atom. The lowest BCUT2D eigenvalue weighted by molar-refractivity contribution is 0.0935. The van der Waals surface area contributed by atoms with Gasteiger partial charge in [-0.1, -0.05) is 0 Å². The highest BCUT2D eigenvalue weighted by Crippen LogP contribution is 2.17. The van der Waals surface area contributed by atoms with E-state index in [9.17, 15) is 9.59 Å². The zero-order chi connectivity index (χ0) is 18.4. The summed E-state index contributed by atoms with van der Waals surface area (Å²) in [5.74, 6) is 0.972. The van der Waals surface area contributed by atoms with Crippen LogP contribution in [0.1, 0.15) is 49.9 Å². The summed E-state index contributed by atoms with van der Waals surface area (Å²) in [6.45, 7) is 9.04. The highest BCUT2D eigenvalue weighted by molar-refractivity contribution is 5.93. The molecule has 0 aliphatic carbocycles. The molecule has 2 amide bonds. The Balaban J connectivity index is 1.96. The second kappa shape index (κ2) is 8.64. The van der Waals surface area contributed by atoms with E-state index >= 15 is 0 Å². The van der Waals surface area contributed by atoms with E-state index in [0.717, 1.165) is 12.8 Å². The SMILES string of the molecule is CCOC(=O)N1CCC(Nc2cc(C(=O)NC(C)C)nc(C)n2)CC1. The van der Waals surface area contributed by atoms with Crippen molar-refractivity contribution >= 4 is 17.8 Å². The van der Waals surface area contributed by atoms with E-state index in [0.29, 0.717) is 37.0 Å². The molecule has 1 aliphatic rings. The maximum Gasteiger partial charge on any atom is 0.409 e. The summed E-state index contributed by atoms with van der Waals surface area (Å²) < 4.78 is 5.03. The number of carbonyl (C=O) groups is 2. The van der Waals surface area contributed by atoms with Gasteiger partial charge in [-0.15, -0.1) is 0 Å². The van der Waals surface area contributed by atoms with Crippen LogP contribution in [0.3, 0.4) is 0 Å². The van der Waals surface area contributed by atoms with Crippen LogP contribution in [0.5, 0.6) is 0 Å². The first-order valence-corrected chi connectivity index (χ1v) is 8.73. The van der Waals surface area contributed by atoms with E-state index in [4.69, 9.17) is 4.74 Å². The Hall–Kier alpha value is -2.38. The summed E-state index contributed by atoms with van der Waals surface area (Å²) in [6.07, 6.45) is 1.34. The molecule has 0 saturated carbocycles. The number of amides is 2. The number of carbonyl (C=O) groups excluding carboxylic acids is 2. The second-order valence-corrected chi connectivity index (χ2v) is 6.42. The summed E-state index contributed by atoms with van der Waals surface area (Å²) in [7, 11) is 0. The van der Waals surface area contributed by atoms with Crippen molar-refractivity contribution in [2.45, 2.75) is 52.6 Å². The smallest absolute Gasteiger partial charge is 0.409 e. The van der Waals surface area contributed by atoms with Crippen molar-refractivity contribution < 1.29 is 14.3 Å². The highest BCUT2D eigenvalue weighted by Gasteiger charge is 2.24. The number of rotatable bonds is 5. The average Bonchev–Trinajstić information content (AvgIpc) is 2.54. The Bertz CT molecular complexity index is 612. The molecule has 0 unspecified atom stereocenters. The predicted octanol–water partition coefficient (Wildman–Crippen LogP) is 1.96. The zero-order valence-corrected chi connectivity index (χ0v) is 15.3. The maximum absolute atomic E-state index is 12.1. The number of nitrogens with zero attached hydrogens (tertiary/aromatic N) is 3. The quantitative estimate of drug-likeness (QED) is 0.843. The van der Waals surface area contributed by atoms with E-state index in [-0.39, 0.29) is 24.1 Å². The van der Waals surface area contributed by atoms with Gasteiger partial charge in [0.05, 0.1) is 6.61 Å². The molecule has 0 aromatic carbocycles. The summed E-state index contributed by atoms with van der Waals surface area (Å²) in [6, 6.07) is 1.91. The molecule has 1 saturated heterocycles. The zero-order valence-electron chi connectivity index (χ0n) is 15.3. The third-order valence-corrected chi connectivity index (χ3v) is 3.86. The number of piperidine rings is 1. The van der Waals surface area contributed by atoms with E-state index in [1.807, 2.05) is 13.8 Å². The van der Waals surface area contributed by atoms with Crippen molar-refractivity contribution in [3.63, 3.8) is 0 Å². The Kier molecular flexibility index (Phi) is 6.55. The van der Waals surface area contributed by atoms with Crippen molar-refractivity contribution in [3.8, 4) is 0 Å². The lowest BCUT2D eigenvalue weighted by Gasteiger charge is -2.31. The van der Waals surface area contributed by atoms with Gasteiger partial charge >= 0.3 is 6.09 Å². The molecule has 8 nitrogen and oxygen atoms in total. The minimum atomic E-state index is -0.258. The van der Waals surface area contributed by atoms with Crippen LogP contribution in [0.15, 0.2) is 6.07 Å². The first-order chi connectivity index (χ1) is 11.9. The summed E-state index contributed by atoms with van der Waals surface area (Å²) in [5.41, 5.74) is 0.354. The summed E-state index contributed by atoms with van der Waals surface area (Å²) in [4.78, 5) is 34.2. The van der Waals surface area contributed by atoms with Gasteiger partial charge in [-0.05, 0) is 40.5 Å². The molecule has 1 fully saturated rings. The first kappa shape index (κ1) is 19.0. The fourth-order valence-electron chi connectivity index (χ4n) is 2.72. The minimum absolute atomic E-state index is 0.0476.